The molecule has 0 N–H and O–H groups in total. The van der Waals surface area contributed by atoms with Gasteiger partial charge in [0.2, 0.25) is 5.89 Å². The number of nitrogens with zero attached hydrogens (tertiary/aromatic N) is 2. The predicted octanol–water partition coefficient (Wildman–Crippen LogP) is 1.46. The van der Waals surface area contributed by atoms with Gasteiger partial charge in [-0.2, -0.15) is 4.98 Å². The highest BCUT2D eigenvalue weighted by atomic mass is 32.2. The third-order valence-corrected chi connectivity index (χ3v) is 4.18. The summed E-state index contributed by atoms with van der Waals surface area (Å²) in [6, 6.07) is 5.13. The van der Waals surface area contributed by atoms with Crippen molar-refractivity contribution < 1.29 is 22.5 Å². The zero-order valence-electron chi connectivity index (χ0n) is 13.2. The minimum Gasteiger partial charge on any atom is -0.496 e. The number of benzene rings is 1. The number of carbonyl (C=O) groups excluding carboxylic acids is 1. The quantitative estimate of drug-likeness (QED) is 0.705. The number of hydrogen-bond acceptors (Lipinski definition) is 7. The highest BCUT2D eigenvalue weighted by Crippen LogP contribution is 2.23. The fourth-order valence-electron chi connectivity index (χ4n) is 2.04. The fraction of sp³-hybridized carbons (Fsp3) is 0.400. The maximum absolute atomic E-state index is 11.5. The summed E-state index contributed by atoms with van der Waals surface area (Å²) in [7, 11) is -1.54. The van der Waals surface area contributed by atoms with Gasteiger partial charge in [-0.25, -0.2) is 8.42 Å². The number of carbonyl (C=O) groups is 1. The molecule has 0 saturated carbocycles. The first kappa shape index (κ1) is 17.1. The van der Waals surface area contributed by atoms with Crippen LogP contribution in [0.3, 0.4) is 0 Å². The molecule has 2 rings (SSSR count). The Balaban J connectivity index is 2.17. The maximum atomic E-state index is 11.5. The summed E-state index contributed by atoms with van der Waals surface area (Å²) >= 11 is 0. The first-order chi connectivity index (χ1) is 10.8. The molecule has 0 aliphatic carbocycles. The van der Waals surface area contributed by atoms with Crippen LogP contribution in [0.1, 0.15) is 34.6 Å². The van der Waals surface area contributed by atoms with Gasteiger partial charge in [-0.15, -0.1) is 0 Å². The number of rotatable bonds is 7. The molecule has 0 fully saturated rings. The first-order valence-corrected chi connectivity index (χ1v) is 9.01. The molecule has 8 heteroatoms. The third-order valence-electron chi connectivity index (χ3n) is 3.24. The molecule has 0 amide bonds. The van der Waals surface area contributed by atoms with E-state index in [2.05, 4.69) is 10.1 Å². The second-order valence-corrected chi connectivity index (χ2v) is 7.50. The molecule has 0 unspecified atom stereocenters. The lowest BCUT2D eigenvalue weighted by Crippen LogP contribution is -2.06. The Morgan fingerprint density at radius 2 is 2.09 bits per heavy atom. The summed E-state index contributed by atoms with van der Waals surface area (Å²) in [5.41, 5.74) is 1.32. The normalized spacial score (nSPS) is 11.4. The number of sulfone groups is 1. The average molecular weight is 338 g/mol. The van der Waals surface area contributed by atoms with E-state index in [4.69, 9.17) is 9.26 Å². The average Bonchev–Trinajstić information content (AvgIpc) is 2.92. The van der Waals surface area contributed by atoms with Gasteiger partial charge >= 0.3 is 0 Å². The summed E-state index contributed by atoms with van der Waals surface area (Å²) in [6.45, 7) is 1.49. The molecule has 1 heterocycles. The molecule has 7 nitrogen and oxygen atoms in total. The van der Waals surface area contributed by atoms with Crippen molar-refractivity contribution >= 4 is 15.6 Å². The molecular weight excluding hydrogens is 320 g/mol. The number of methoxy groups -OCH3 is 1. The van der Waals surface area contributed by atoms with Crippen LogP contribution in [0.15, 0.2) is 22.7 Å². The van der Waals surface area contributed by atoms with Crippen molar-refractivity contribution in [2.75, 3.05) is 19.1 Å². The molecule has 0 saturated heterocycles. The Kier molecular flexibility index (Phi) is 5.15. The Hall–Kier alpha value is -2.22. The van der Waals surface area contributed by atoms with Crippen LogP contribution in [0, 0.1) is 0 Å². The van der Waals surface area contributed by atoms with Crippen LogP contribution in [-0.2, 0) is 22.7 Å². The number of hydrogen-bond donors (Lipinski definition) is 0. The Morgan fingerprint density at radius 1 is 1.35 bits per heavy atom. The first-order valence-electron chi connectivity index (χ1n) is 6.95. The van der Waals surface area contributed by atoms with Gasteiger partial charge in [0.05, 0.1) is 19.3 Å². The monoisotopic (exact) mass is 338 g/mol. The number of ketones is 1. The van der Waals surface area contributed by atoms with E-state index in [0.29, 0.717) is 29.4 Å². The van der Waals surface area contributed by atoms with E-state index in [9.17, 15) is 13.2 Å². The van der Waals surface area contributed by atoms with Gasteiger partial charge in [0, 0.05) is 23.8 Å². The maximum Gasteiger partial charge on any atom is 0.231 e. The molecule has 0 radical (unpaired) electrons. The lowest BCUT2D eigenvalue weighted by atomic mass is 10.0. The SMILES string of the molecule is COc1ccc(C(C)=O)cc1Cc1nc(CCS(C)(=O)=O)no1. The lowest BCUT2D eigenvalue weighted by molar-refractivity contribution is 0.101. The predicted molar refractivity (Wildman–Crippen MR) is 83.5 cm³/mol. The van der Waals surface area contributed by atoms with Crippen LogP contribution in [0.2, 0.25) is 0 Å². The minimum absolute atomic E-state index is 0.0326. The van der Waals surface area contributed by atoms with Gasteiger partial charge in [0.25, 0.3) is 0 Å². The third kappa shape index (κ3) is 4.88. The van der Waals surface area contributed by atoms with Crippen molar-refractivity contribution in [3.05, 3.63) is 41.0 Å². The minimum atomic E-state index is -3.08. The van der Waals surface area contributed by atoms with E-state index in [0.717, 1.165) is 11.8 Å². The molecule has 0 aliphatic heterocycles. The van der Waals surface area contributed by atoms with Gasteiger partial charge in [-0.3, -0.25) is 4.79 Å². The summed E-state index contributed by atoms with van der Waals surface area (Å²) in [5.74, 6) is 1.22. The van der Waals surface area contributed by atoms with E-state index in [-0.39, 0.29) is 18.0 Å². The van der Waals surface area contributed by atoms with Gasteiger partial charge in [0.1, 0.15) is 15.6 Å². The smallest absolute Gasteiger partial charge is 0.231 e. The highest BCUT2D eigenvalue weighted by Gasteiger charge is 2.14. The van der Waals surface area contributed by atoms with Crippen LogP contribution in [0.4, 0.5) is 0 Å². The molecular formula is C15H18N2O5S. The van der Waals surface area contributed by atoms with Crippen molar-refractivity contribution in [3.63, 3.8) is 0 Å². The number of aryl methyl sites for hydroxylation is 1. The highest BCUT2D eigenvalue weighted by molar-refractivity contribution is 7.90. The number of Topliss-reactive ketones (excluding diaryl/α,β-unsaturated/α-hetero) is 1. The van der Waals surface area contributed by atoms with Gasteiger partial charge in [0.15, 0.2) is 11.6 Å². The van der Waals surface area contributed by atoms with Crippen LogP contribution in [-0.4, -0.2) is 43.5 Å². The van der Waals surface area contributed by atoms with Crippen LogP contribution in [0.5, 0.6) is 5.75 Å². The molecule has 0 bridgehead atoms. The van der Waals surface area contributed by atoms with E-state index in [1.54, 1.807) is 18.2 Å². The van der Waals surface area contributed by atoms with Crippen LogP contribution >= 0.6 is 0 Å². The standard InChI is InChI=1S/C15H18N2O5S/c1-10(18)11-4-5-13(21-2)12(8-11)9-15-16-14(17-22-15)6-7-23(3,19)20/h4-5,8H,6-7,9H2,1-3H3. The van der Waals surface area contributed by atoms with Crippen molar-refractivity contribution in [3.8, 4) is 5.75 Å². The van der Waals surface area contributed by atoms with E-state index >= 15 is 0 Å². The van der Waals surface area contributed by atoms with Crippen molar-refractivity contribution in [1.29, 1.82) is 0 Å². The molecule has 1 aromatic heterocycles. The number of ether oxygens (including phenoxy) is 1. The molecule has 23 heavy (non-hydrogen) atoms. The zero-order chi connectivity index (χ0) is 17.0. The lowest BCUT2D eigenvalue weighted by Gasteiger charge is -2.07. The largest absolute Gasteiger partial charge is 0.496 e. The summed E-state index contributed by atoms with van der Waals surface area (Å²) < 4.78 is 32.7. The molecule has 0 atom stereocenters. The van der Waals surface area contributed by atoms with Crippen molar-refractivity contribution in [2.24, 2.45) is 0 Å². The summed E-state index contributed by atoms with van der Waals surface area (Å²) in [6.07, 6.45) is 1.66. The Labute approximate surface area is 134 Å². The van der Waals surface area contributed by atoms with Gasteiger partial charge in [-0.05, 0) is 25.1 Å². The molecule has 1 aromatic carbocycles. The van der Waals surface area contributed by atoms with Crippen LogP contribution < -0.4 is 4.74 Å². The van der Waals surface area contributed by atoms with E-state index in [1.165, 1.54) is 14.0 Å². The topological polar surface area (TPSA) is 99.4 Å². The second kappa shape index (κ2) is 6.91. The molecule has 2 aromatic rings. The number of aromatic nitrogens is 2. The van der Waals surface area contributed by atoms with E-state index < -0.39 is 9.84 Å². The molecule has 124 valence electrons. The fourth-order valence-corrected chi connectivity index (χ4v) is 2.59. The zero-order valence-corrected chi connectivity index (χ0v) is 14.0. The Bertz CT molecular complexity index is 811. The molecule has 0 aliphatic rings. The summed E-state index contributed by atoms with van der Waals surface area (Å²) in [4.78, 5) is 15.7. The van der Waals surface area contributed by atoms with Crippen molar-refractivity contribution in [2.45, 2.75) is 19.8 Å². The van der Waals surface area contributed by atoms with Crippen LogP contribution in [0.25, 0.3) is 0 Å². The molecule has 0 spiro atoms. The van der Waals surface area contributed by atoms with Gasteiger partial charge < -0.3 is 9.26 Å². The summed E-state index contributed by atoms with van der Waals surface area (Å²) in [5, 5.41) is 3.77. The van der Waals surface area contributed by atoms with Crippen molar-refractivity contribution in [1.82, 2.24) is 10.1 Å². The van der Waals surface area contributed by atoms with E-state index in [1.807, 2.05) is 0 Å². The van der Waals surface area contributed by atoms with Gasteiger partial charge in [-0.1, -0.05) is 5.16 Å². The second-order valence-electron chi connectivity index (χ2n) is 5.24. The Morgan fingerprint density at radius 3 is 2.70 bits per heavy atom.